The van der Waals surface area contributed by atoms with Crippen molar-refractivity contribution in [3.8, 4) is 0 Å². The molecule has 6 heteroatoms. The van der Waals surface area contributed by atoms with E-state index in [9.17, 15) is 4.79 Å². The highest BCUT2D eigenvalue weighted by Gasteiger charge is 2.19. The van der Waals surface area contributed by atoms with Gasteiger partial charge in [-0.1, -0.05) is 24.3 Å². The number of guanidine groups is 1. The molecule has 2 N–H and O–H groups in total. The Balaban J connectivity index is 1.75. The van der Waals surface area contributed by atoms with Crippen molar-refractivity contribution in [2.75, 3.05) is 33.4 Å². The van der Waals surface area contributed by atoms with E-state index in [1.807, 2.05) is 11.8 Å². The van der Waals surface area contributed by atoms with Gasteiger partial charge < -0.3 is 20.3 Å². The molecule has 0 radical (unpaired) electrons. The van der Waals surface area contributed by atoms with Crippen molar-refractivity contribution < 1.29 is 9.53 Å². The summed E-state index contributed by atoms with van der Waals surface area (Å²) in [6.45, 7) is 6.41. The number of carbonyl (C=O) groups excluding carboxylic acids is 1. The lowest BCUT2D eigenvalue weighted by atomic mass is 10.1. The molecule has 6 nitrogen and oxygen atoms in total. The van der Waals surface area contributed by atoms with Gasteiger partial charge in [-0.15, -0.1) is 0 Å². The summed E-state index contributed by atoms with van der Waals surface area (Å²) in [5.41, 5.74) is 2.35. The van der Waals surface area contributed by atoms with E-state index >= 15 is 0 Å². The second-order valence-corrected chi connectivity index (χ2v) is 5.78. The number of nitrogens with zero attached hydrogens (tertiary/aromatic N) is 2. The van der Waals surface area contributed by atoms with E-state index in [0.29, 0.717) is 26.1 Å². The number of hydrogen-bond donors (Lipinski definition) is 2. The van der Waals surface area contributed by atoms with Crippen LogP contribution in [-0.2, 0) is 22.6 Å². The van der Waals surface area contributed by atoms with Crippen LogP contribution >= 0.6 is 0 Å². The van der Waals surface area contributed by atoms with Crippen molar-refractivity contribution in [2.24, 2.45) is 4.99 Å². The monoisotopic (exact) mass is 332 g/mol. The van der Waals surface area contributed by atoms with Crippen LogP contribution in [0.15, 0.2) is 29.3 Å². The molecule has 1 amide bonds. The van der Waals surface area contributed by atoms with Gasteiger partial charge in [0, 0.05) is 46.3 Å². The van der Waals surface area contributed by atoms with Crippen LogP contribution in [0.25, 0.3) is 0 Å². The first-order chi connectivity index (χ1) is 11.7. The van der Waals surface area contributed by atoms with Gasteiger partial charge in [-0.05, 0) is 24.5 Å². The standard InChI is InChI=1S/C18H28N4O2/c1-3-24-12-10-20-18(19-2)21-13-15-6-8-16(9-7-15)14-22-11-4-5-17(22)23/h6-9H,3-5,10-14H2,1-2H3,(H2,19,20,21). The summed E-state index contributed by atoms with van der Waals surface area (Å²) in [5.74, 6) is 1.03. The summed E-state index contributed by atoms with van der Waals surface area (Å²) in [5, 5.41) is 6.49. The highest BCUT2D eigenvalue weighted by molar-refractivity contribution is 5.79. The van der Waals surface area contributed by atoms with Gasteiger partial charge in [0.15, 0.2) is 5.96 Å². The topological polar surface area (TPSA) is 66.0 Å². The third kappa shape index (κ3) is 5.85. The van der Waals surface area contributed by atoms with Crippen LogP contribution in [0.1, 0.15) is 30.9 Å². The Morgan fingerprint density at radius 3 is 2.62 bits per heavy atom. The smallest absolute Gasteiger partial charge is 0.222 e. The fraction of sp³-hybridized carbons (Fsp3) is 0.556. The van der Waals surface area contributed by atoms with Crippen LogP contribution in [-0.4, -0.2) is 50.1 Å². The van der Waals surface area contributed by atoms with Gasteiger partial charge in [-0.3, -0.25) is 9.79 Å². The first kappa shape index (κ1) is 18.3. The summed E-state index contributed by atoms with van der Waals surface area (Å²) in [6, 6.07) is 8.37. The molecule has 0 atom stereocenters. The second-order valence-electron chi connectivity index (χ2n) is 5.78. The lowest BCUT2D eigenvalue weighted by Gasteiger charge is -2.16. The molecule has 0 spiro atoms. The molecule has 2 rings (SSSR count). The molecule has 1 aromatic carbocycles. The van der Waals surface area contributed by atoms with E-state index in [4.69, 9.17) is 4.74 Å². The highest BCUT2D eigenvalue weighted by Crippen LogP contribution is 2.14. The van der Waals surface area contributed by atoms with E-state index in [1.165, 1.54) is 11.1 Å². The van der Waals surface area contributed by atoms with Crippen LogP contribution in [0.3, 0.4) is 0 Å². The highest BCUT2D eigenvalue weighted by atomic mass is 16.5. The zero-order chi connectivity index (χ0) is 17.2. The molecule has 0 aliphatic carbocycles. The zero-order valence-corrected chi connectivity index (χ0v) is 14.7. The molecule has 132 valence electrons. The second kappa shape index (κ2) is 9.93. The average molecular weight is 332 g/mol. The number of benzene rings is 1. The lowest BCUT2D eigenvalue weighted by Crippen LogP contribution is -2.38. The molecule has 1 saturated heterocycles. The third-order valence-electron chi connectivity index (χ3n) is 3.99. The molecule has 24 heavy (non-hydrogen) atoms. The molecular weight excluding hydrogens is 304 g/mol. The molecule has 0 bridgehead atoms. The van der Waals surface area contributed by atoms with E-state index in [2.05, 4.69) is 39.9 Å². The van der Waals surface area contributed by atoms with Crippen LogP contribution in [0, 0.1) is 0 Å². The quantitative estimate of drug-likeness (QED) is 0.430. The number of rotatable bonds is 8. The van der Waals surface area contributed by atoms with Crippen LogP contribution < -0.4 is 10.6 Å². The number of likely N-dealkylation sites (tertiary alicyclic amines) is 1. The van der Waals surface area contributed by atoms with Gasteiger partial charge in [0.05, 0.1) is 6.61 Å². The predicted molar refractivity (Wildman–Crippen MR) is 95.8 cm³/mol. The lowest BCUT2D eigenvalue weighted by molar-refractivity contribution is -0.128. The number of amides is 1. The third-order valence-corrected chi connectivity index (χ3v) is 3.99. The number of aliphatic imine (C=N–C) groups is 1. The first-order valence-corrected chi connectivity index (χ1v) is 8.60. The minimum atomic E-state index is 0.266. The van der Waals surface area contributed by atoms with Gasteiger partial charge in [0.25, 0.3) is 0 Å². The van der Waals surface area contributed by atoms with E-state index in [-0.39, 0.29) is 5.91 Å². The SMILES string of the molecule is CCOCCNC(=NC)NCc1ccc(CN2CCCC2=O)cc1. The van der Waals surface area contributed by atoms with E-state index in [1.54, 1.807) is 7.05 Å². The molecule has 0 aromatic heterocycles. The minimum Gasteiger partial charge on any atom is -0.380 e. The Morgan fingerprint density at radius 2 is 2.00 bits per heavy atom. The summed E-state index contributed by atoms with van der Waals surface area (Å²) < 4.78 is 5.29. The van der Waals surface area contributed by atoms with Crippen molar-refractivity contribution in [1.82, 2.24) is 15.5 Å². The van der Waals surface area contributed by atoms with Crippen molar-refractivity contribution in [1.29, 1.82) is 0 Å². The molecule has 1 aliphatic rings. The van der Waals surface area contributed by atoms with Gasteiger partial charge in [-0.2, -0.15) is 0 Å². The predicted octanol–water partition coefficient (Wildman–Crippen LogP) is 1.51. The normalized spacial score (nSPS) is 15.0. The van der Waals surface area contributed by atoms with Crippen molar-refractivity contribution in [3.05, 3.63) is 35.4 Å². The molecule has 1 aliphatic heterocycles. The number of carbonyl (C=O) groups is 1. The maximum absolute atomic E-state index is 11.7. The van der Waals surface area contributed by atoms with Gasteiger partial charge in [-0.25, -0.2) is 0 Å². The number of ether oxygens (including phenoxy) is 1. The Bertz CT molecular complexity index is 542. The summed E-state index contributed by atoms with van der Waals surface area (Å²) in [6.07, 6.45) is 1.67. The van der Waals surface area contributed by atoms with Gasteiger partial charge >= 0.3 is 0 Å². The minimum absolute atomic E-state index is 0.266. The summed E-state index contributed by atoms with van der Waals surface area (Å²) in [4.78, 5) is 17.8. The largest absolute Gasteiger partial charge is 0.380 e. The van der Waals surface area contributed by atoms with Crippen molar-refractivity contribution in [2.45, 2.75) is 32.9 Å². The van der Waals surface area contributed by atoms with Crippen LogP contribution in [0.5, 0.6) is 0 Å². The Morgan fingerprint density at radius 1 is 1.25 bits per heavy atom. The van der Waals surface area contributed by atoms with Crippen molar-refractivity contribution >= 4 is 11.9 Å². The summed E-state index contributed by atoms with van der Waals surface area (Å²) >= 11 is 0. The average Bonchev–Trinajstić information content (AvgIpc) is 3.00. The van der Waals surface area contributed by atoms with Crippen LogP contribution in [0.4, 0.5) is 0 Å². The van der Waals surface area contributed by atoms with E-state index in [0.717, 1.165) is 32.1 Å². The number of hydrogen-bond acceptors (Lipinski definition) is 3. The maximum Gasteiger partial charge on any atom is 0.222 e. The molecule has 0 unspecified atom stereocenters. The molecule has 1 aromatic rings. The molecular formula is C18H28N4O2. The van der Waals surface area contributed by atoms with E-state index < -0.39 is 0 Å². The fourth-order valence-electron chi connectivity index (χ4n) is 2.65. The Labute approximate surface area is 144 Å². The molecule has 0 saturated carbocycles. The Kier molecular flexibility index (Phi) is 7.55. The zero-order valence-electron chi connectivity index (χ0n) is 14.7. The van der Waals surface area contributed by atoms with Crippen molar-refractivity contribution in [3.63, 3.8) is 0 Å². The summed E-state index contributed by atoms with van der Waals surface area (Å²) in [7, 11) is 1.76. The fourth-order valence-corrected chi connectivity index (χ4v) is 2.65. The maximum atomic E-state index is 11.7. The number of nitrogens with one attached hydrogen (secondary N) is 2. The van der Waals surface area contributed by atoms with Gasteiger partial charge in [0.1, 0.15) is 0 Å². The Hall–Kier alpha value is -2.08. The molecule has 1 heterocycles. The first-order valence-electron chi connectivity index (χ1n) is 8.60. The van der Waals surface area contributed by atoms with Crippen LogP contribution in [0.2, 0.25) is 0 Å². The molecule has 1 fully saturated rings. The van der Waals surface area contributed by atoms with Gasteiger partial charge in [0.2, 0.25) is 5.91 Å².